The monoisotopic (exact) mass is 311 g/mol. The molecular formula is C19H25N3O. The third-order valence-electron chi connectivity index (χ3n) is 5.47. The largest absolute Gasteiger partial charge is 0.327 e. The Kier molecular flexibility index (Phi) is 4.68. The van der Waals surface area contributed by atoms with E-state index in [4.69, 9.17) is 0 Å². The molecule has 0 bridgehead atoms. The zero-order chi connectivity index (χ0) is 16.3. The van der Waals surface area contributed by atoms with Gasteiger partial charge in [0, 0.05) is 20.1 Å². The van der Waals surface area contributed by atoms with Gasteiger partial charge in [-0.25, -0.2) is 0 Å². The lowest BCUT2D eigenvalue weighted by Crippen LogP contribution is -2.56. The van der Waals surface area contributed by atoms with Crippen molar-refractivity contribution in [1.29, 1.82) is 5.26 Å². The number of piperidine rings is 1. The summed E-state index contributed by atoms with van der Waals surface area (Å²) in [4.78, 5) is 17.0. The fourth-order valence-electron chi connectivity index (χ4n) is 3.76. The first-order valence-corrected chi connectivity index (χ1v) is 8.60. The Morgan fingerprint density at radius 3 is 2.70 bits per heavy atom. The lowest BCUT2D eigenvalue weighted by atomic mass is 9.76. The number of rotatable bonds is 4. The van der Waals surface area contributed by atoms with E-state index in [1.54, 1.807) is 4.90 Å². The van der Waals surface area contributed by atoms with Gasteiger partial charge in [-0.1, -0.05) is 30.3 Å². The van der Waals surface area contributed by atoms with Crippen LogP contribution in [0.25, 0.3) is 0 Å². The van der Waals surface area contributed by atoms with Crippen LogP contribution in [0.15, 0.2) is 30.3 Å². The van der Waals surface area contributed by atoms with E-state index in [2.05, 4.69) is 35.2 Å². The van der Waals surface area contributed by atoms with Crippen molar-refractivity contribution in [2.24, 2.45) is 5.92 Å². The van der Waals surface area contributed by atoms with Crippen molar-refractivity contribution in [2.75, 3.05) is 20.1 Å². The minimum Gasteiger partial charge on any atom is -0.327 e. The van der Waals surface area contributed by atoms with Crippen molar-refractivity contribution in [1.82, 2.24) is 9.80 Å². The second-order valence-corrected chi connectivity index (χ2v) is 6.95. The van der Waals surface area contributed by atoms with E-state index in [1.165, 1.54) is 5.56 Å². The fraction of sp³-hybridized carbons (Fsp3) is 0.579. The van der Waals surface area contributed by atoms with E-state index in [1.807, 2.05) is 13.1 Å². The summed E-state index contributed by atoms with van der Waals surface area (Å²) in [6.07, 6.45) is 4.70. The van der Waals surface area contributed by atoms with Gasteiger partial charge in [-0.15, -0.1) is 0 Å². The van der Waals surface area contributed by atoms with Crippen LogP contribution in [-0.2, 0) is 11.3 Å². The van der Waals surface area contributed by atoms with E-state index in [9.17, 15) is 10.1 Å². The molecule has 0 N–H and O–H groups in total. The van der Waals surface area contributed by atoms with E-state index in [0.717, 1.165) is 51.7 Å². The molecule has 2 fully saturated rings. The number of hydrogen-bond donors (Lipinski definition) is 0. The van der Waals surface area contributed by atoms with Gasteiger partial charge in [-0.3, -0.25) is 9.69 Å². The topological polar surface area (TPSA) is 47.3 Å². The van der Waals surface area contributed by atoms with Crippen LogP contribution in [0.4, 0.5) is 0 Å². The Hall–Kier alpha value is -1.86. The molecule has 1 aromatic rings. The zero-order valence-electron chi connectivity index (χ0n) is 13.9. The maximum absolute atomic E-state index is 12.8. The molecule has 1 saturated carbocycles. The van der Waals surface area contributed by atoms with Crippen LogP contribution in [0.2, 0.25) is 0 Å². The first-order valence-electron chi connectivity index (χ1n) is 8.60. The van der Waals surface area contributed by atoms with Crippen LogP contribution in [0.1, 0.15) is 37.7 Å². The number of carbonyl (C=O) groups excluding carboxylic acids is 1. The number of hydrogen-bond acceptors (Lipinski definition) is 3. The summed E-state index contributed by atoms with van der Waals surface area (Å²) in [5.74, 6) is 0.187. The highest BCUT2D eigenvalue weighted by Crippen LogP contribution is 2.37. The second kappa shape index (κ2) is 6.72. The third kappa shape index (κ3) is 3.25. The molecule has 0 spiro atoms. The maximum atomic E-state index is 12.8. The van der Waals surface area contributed by atoms with Gasteiger partial charge in [-0.05, 0) is 44.2 Å². The molecule has 0 aromatic heterocycles. The Morgan fingerprint density at radius 1 is 1.35 bits per heavy atom. The first kappa shape index (κ1) is 16.0. The van der Waals surface area contributed by atoms with Crippen LogP contribution < -0.4 is 0 Å². The third-order valence-corrected chi connectivity index (χ3v) is 5.47. The molecule has 3 rings (SSSR count). The van der Waals surface area contributed by atoms with Gasteiger partial charge in [0.1, 0.15) is 5.54 Å². The molecule has 1 saturated heterocycles. The number of amides is 1. The molecule has 0 unspecified atom stereocenters. The van der Waals surface area contributed by atoms with Crippen molar-refractivity contribution in [3.05, 3.63) is 35.9 Å². The van der Waals surface area contributed by atoms with Crippen LogP contribution in [0.5, 0.6) is 0 Å². The van der Waals surface area contributed by atoms with E-state index >= 15 is 0 Å². The lowest BCUT2D eigenvalue weighted by molar-refractivity contribution is -0.142. The van der Waals surface area contributed by atoms with Crippen molar-refractivity contribution in [3.8, 4) is 6.07 Å². The Morgan fingerprint density at radius 2 is 2.09 bits per heavy atom. The van der Waals surface area contributed by atoms with Gasteiger partial charge in [0.25, 0.3) is 0 Å². The van der Waals surface area contributed by atoms with Gasteiger partial charge in [0.05, 0.1) is 12.0 Å². The highest BCUT2D eigenvalue weighted by Gasteiger charge is 2.45. The Bertz CT molecular complexity index is 588. The van der Waals surface area contributed by atoms with Gasteiger partial charge in [0.15, 0.2) is 0 Å². The molecule has 1 amide bonds. The molecule has 4 heteroatoms. The number of benzene rings is 1. The van der Waals surface area contributed by atoms with Crippen LogP contribution in [0, 0.1) is 17.2 Å². The van der Waals surface area contributed by atoms with Crippen LogP contribution in [-0.4, -0.2) is 41.4 Å². The molecule has 1 heterocycles. The molecule has 23 heavy (non-hydrogen) atoms. The highest BCUT2D eigenvalue weighted by atomic mass is 16.2. The highest BCUT2D eigenvalue weighted by molar-refractivity contribution is 5.80. The smallest absolute Gasteiger partial charge is 0.228 e. The van der Waals surface area contributed by atoms with Crippen molar-refractivity contribution in [3.63, 3.8) is 0 Å². The number of nitriles is 1. The van der Waals surface area contributed by atoms with Gasteiger partial charge in [-0.2, -0.15) is 5.26 Å². The fourth-order valence-corrected chi connectivity index (χ4v) is 3.76. The standard InChI is InChI=1S/C19H25N3O/c1-21(19(15-20)10-6-11-19)18(23)17-9-5-12-22(14-17)13-16-7-3-2-4-8-16/h2-4,7-8,17H,5-6,9-14H2,1H3/t17-/m1/s1. The molecule has 4 nitrogen and oxygen atoms in total. The van der Waals surface area contributed by atoms with Gasteiger partial charge >= 0.3 is 0 Å². The number of nitrogens with zero attached hydrogens (tertiary/aromatic N) is 3. The number of carbonyl (C=O) groups is 1. The summed E-state index contributed by atoms with van der Waals surface area (Å²) in [5.41, 5.74) is 0.764. The molecule has 1 atom stereocenters. The Balaban J connectivity index is 1.62. The molecule has 2 aliphatic rings. The Labute approximate surface area is 138 Å². The van der Waals surface area contributed by atoms with E-state index in [0.29, 0.717) is 0 Å². The quantitative estimate of drug-likeness (QED) is 0.859. The van der Waals surface area contributed by atoms with Crippen LogP contribution >= 0.6 is 0 Å². The second-order valence-electron chi connectivity index (χ2n) is 6.95. The van der Waals surface area contributed by atoms with E-state index in [-0.39, 0.29) is 11.8 Å². The van der Waals surface area contributed by atoms with Crippen molar-refractivity contribution in [2.45, 2.75) is 44.2 Å². The summed E-state index contributed by atoms with van der Waals surface area (Å²) in [6, 6.07) is 12.8. The molecule has 1 aromatic carbocycles. The SMILES string of the molecule is CN(C(=O)[C@@H]1CCCN(Cc2ccccc2)C1)C1(C#N)CCC1. The summed E-state index contributed by atoms with van der Waals surface area (Å²) in [7, 11) is 1.82. The maximum Gasteiger partial charge on any atom is 0.228 e. The first-order chi connectivity index (χ1) is 11.1. The van der Waals surface area contributed by atoms with Crippen LogP contribution in [0.3, 0.4) is 0 Å². The molecule has 0 radical (unpaired) electrons. The summed E-state index contributed by atoms with van der Waals surface area (Å²) in [6.45, 7) is 2.75. The van der Waals surface area contributed by atoms with E-state index < -0.39 is 5.54 Å². The van der Waals surface area contributed by atoms with Gasteiger partial charge in [0.2, 0.25) is 5.91 Å². The molecule has 122 valence electrons. The molecule has 1 aliphatic heterocycles. The average Bonchev–Trinajstić information content (AvgIpc) is 2.55. The average molecular weight is 311 g/mol. The zero-order valence-corrected chi connectivity index (χ0v) is 13.9. The summed E-state index contributed by atoms with van der Waals surface area (Å²) >= 11 is 0. The normalized spacial score (nSPS) is 23.6. The molecular weight excluding hydrogens is 286 g/mol. The lowest BCUT2D eigenvalue weighted by Gasteiger charge is -2.45. The molecule has 1 aliphatic carbocycles. The minimum atomic E-state index is -0.529. The van der Waals surface area contributed by atoms with Crippen molar-refractivity contribution >= 4 is 5.91 Å². The van der Waals surface area contributed by atoms with Crippen molar-refractivity contribution < 1.29 is 4.79 Å². The minimum absolute atomic E-state index is 0.0308. The predicted octanol–water partition coefficient (Wildman–Crippen LogP) is 2.80. The summed E-state index contributed by atoms with van der Waals surface area (Å²) in [5, 5.41) is 9.45. The van der Waals surface area contributed by atoms with Gasteiger partial charge < -0.3 is 4.90 Å². The number of likely N-dealkylation sites (tertiary alicyclic amines) is 1. The summed E-state index contributed by atoms with van der Waals surface area (Å²) < 4.78 is 0. The predicted molar refractivity (Wildman–Crippen MR) is 89.4 cm³/mol.